The maximum absolute atomic E-state index is 9.02. The molecule has 0 fully saturated rings. The lowest BCUT2D eigenvalue weighted by Crippen LogP contribution is -2.27. The van der Waals surface area contributed by atoms with Crippen LogP contribution in [-0.2, 0) is 6.54 Å². The predicted molar refractivity (Wildman–Crippen MR) is 68.8 cm³/mol. The Balaban J connectivity index is 2.72. The lowest BCUT2D eigenvalue weighted by atomic mass is 10.2. The summed E-state index contributed by atoms with van der Waals surface area (Å²) in [4.78, 5) is 2.09. The first-order valence-corrected chi connectivity index (χ1v) is 5.66. The number of hydrogen-bond donors (Lipinski definition) is 1. The zero-order valence-electron chi connectivity index (χ0n) is 10.4. The second-order valence-electron chi connectivity index (χ2n) is 3.67. The second kappa shape index (κ2) is 7.72. The fourth-order valence-electron chi connectivity index (χ4n) is 1.62. The molecule has 0 aliphatic carbocycles. The summed E-state index contributed by atoms with van der Waals surface area (Å²) in [6.07, 6.45) is 0. The van der Waals surface area contributed by atoms with Crippen molar-refractivity contribution >= 4 is 0 Å². The van der Waals surface area contributed by atoms with Gasteiger partial charge in [-0.3, -0.25) is 4.90 Å². The van der Waals surface area contributed by atoms with Gasteiger partial charge >= 0.3 is 0 Å². The highest BCUT2D eigenvalue weighted by Gasteiger charge is 2.07. The van der Waals surface area contributed by atoms with E-state index in [1.807, 2.05) is 31.2 Å². The van der Waals surface area contributed by atoms with Gasteiger partial charge in [-0.1, -0.05) is 24.1 Å². The summed E-state index contributed by atoms with van der Waals surface area (Å²) in [5.41, 5.74) is 1.11. The minimum absolute atomic E-state index is 0.139. The van der Waals surface area contributed by atoms with Crippen molar-refractivity contribution in [2.24, 2.45) is 0 Å². The molecule has 3 nitrogen and oxygen atoms in total. The molecule has 0 atom stereocenters. The Kier molecular flexibility index (Phi) is 6.16. The number of hydrogen-bond acceptors (Lipinski definition) is 3. The Morgan fingerprint density at radius 3 is 2.76 bits per heavy atom. The summed E-state index contributed by atoms with van der Waals surface area (Å²) in [5, 5.41) is 9.02. The highest BCUT2D eigenvalue weighted by Crippen LogP contribution is 2.18. The molecule has 3 heteroatoms. The molecule has 0 aliphatic heterocycles. The number of aliphatic hydroxyl groups is 1. The van der Waals surface area contributed by atoms with Crippen LogP contribution in [-0.4, -0.2) is 36.8 Å². The Hall–Kier alpha value is -1.50. The average molecular weight is 233 g/mol. The van der Waals surface area contributed by atoms with Gasteiger partial charge in [-0.2, -0.15) is 0 Å². The molecule has 0 aromatic heterocycles. The predicted octanol–water partition coefficient (Wildman–Crippen LogP) is 1.51. The topological polar surface area (TPSA) is 32.7 Å². The summed E-state index contributed by atoms with van der Waals surface area (Å²) < 4.78 is 5.30. The minimum Gasteiger partial charge on any atom is -0.496 e. The molecule has 0 amide bonds. The molecule has 0 saturated heterocycles. The molecule has 0 saturated carbocycles. The fourth-order valence-corrected chi connectivity index (χ4v) is 1.62. The molecule has 0 unspecified atom stereocenters. The van der Waals surface area contributed by atoms with E-state index in [1.165, 1.54) is 0 Å². The Morgan fingerprint density at radius 1 is 1.35 bits per heavy atom. The van der Waals surface area contributed by atoms with Crippen LogP contribution < -0.4 is 4.74 Å². The van der Waals surface area contributed by atoms with E-state index in [2.05, 4.69) is 16.7 Å². The monoisotopic (exact) mass is 233 g/mol. The quantitative estimate of drug-likeness (QED) is 0.756. The lowest BCUT2D eigenvalue weighted by Gasteiger charge is -2.19. The molecule has 17 heavy (non-hydrogen) atoms. The van der Waals surface area contributed by atoms with Crippen molar-refractivity contribution in [3.8, 4) is 17.6 Å². The number of methoxy groups -OCH3 is 1. The minimum atomic E-state index is 0.139. The highest BCUT2D eigenvalue weighted by atomic mass is 16.5. The first kappa shape index (κ1) is 13.6. The summed E-state index contributed by atoms with van der Waals surface area (Å²) in [6, 6.07) is 7.91. The third-order valence-corrected chi connectivity index (χ3v) is 2.48. The van der Waals surface area contributed by atoms with Gasteiger partial charge < -0.3 is 9.84 Å². The van der Waals surface area contributed by atoms with Crippen LogP contribution in [0.5, 0.6) is 5.75 Å². The van der Waals surface area contributed by atoms with Crippen molar-refractivity contribution in [1.82, 2.24) is 4.90 Å². The van der Waals surface area contributed by atoms with E-state index in [4.69, 9.17) is 9.84 Å². The van der Waals surface area contributed by atoms with Crippen molar-refractivity contribution in [1.29, 1.82) is 0 Å². The van der Waals surface area contributed by atoms with Crippen molar-refractivity contribution in [3.63, 3.8) is 0 Å². The molecule has 1 rings (SSSR count). The molecule has 1 aromatic rings. The first-order valence-electron chi connectivity index (χ1n) is 5.66. The lowest BCUT2D eigenvalue weighted by molar-refractivity contribution is 0.204. The van der Waals surface area contributed by atoms with Gasteiger partial charge in [-0.05, 0) is 13.0 Å². The maximum Gasteiger partial charge on any atom is 0.123 e. The van der Waals surface area contributed by atoms with Gasteiger partial charge in [-0.15, -0.1) is 5.92 Å². The van der Waals surface area contributed by atoms with Gasteiger partial charge in [0.1, 0.15) is 5.75 Å². The molecule has 1 N–H and O–H groups in total. The third-order valence-electron chi connectivity index (χ3n) is 2.48. The van der Waals surface area contributed by atoms with Crippen LogP contribution in [0, 0.1) is 11.8 Å². The molecule has 0 heterocycles. The number of ether oxygens (including phenoxy) is 1. The van der Waals surface area contributed by atoms with E-state index >= 15 is 0 Å². The van der Waals surface area contributed by atoms with Gasteiger partial charge in [0.05, 0.1) is 20.3 Å². The zero-order chi connectivity index (χ0) is 12.5. The van der Waals surface area contributed by atoms with Crippen LogP contribution in [0.1, 0.15) is 12.5 Å². The fraction of sp³-hybridized carbons (Fsp3) is 0.429. The standard InChI is InChI=1S/C14H19NO2/c1-3-4-9-15(10-11-16)12-13-7-5-6-8-14(13)17-2/h5-8,16H,9-12H2,1-2H3. The molecule has 0 radical (unpaired) electrons. The van der Waals surface area contributed by atoms with Gasteiger partial charge in [0.2, 0.25) is 0 Å². The molecule has 0 spiro atoms. The van der Waals surface area contributed by atoms with Crippen molar-refractivity contribution in [2.45, 2.75) is 13.5 Å². The summed E-state index contributed by atoms with van der Waals surface area (Å²) in [6.45, 7) is 3.97. The van der Waals surface area contributed by atoms with Crippen LogP contribution in [0.25, 0.3) is 0 Å². The van der Waals surface area contributed by atoms with Crippen LogP contribution in [0.3, 0.4) is 0 Å². The largest absolute Gasteiger partial charge is 0.496 e. The summed E-state index contributed by atoms with van der Waals surface area (Å²) >= 11 is 0. The van der Waals surface area contributed by atoms with Gasteiger partial charge in [0, 0.05) is 18.7 Å². The van der Waals surface area contributed by atoms with Crippen LogP contribution in [0.4, 0.5) is 0 Å². The molecule has 1 aromatic carbocycles. The number of rotatable bonds is 6. The van der Waals surface area contributed by atoms with E-state index in [0.29, 0.717) is 13.1 Å². The van der Waals surface area contributed by atoms with Crippen LogP contribution >= 0.6 is 0 Å². The van der Waals surface area contributed by atoms with Gasteiger partial charge in [-0.25, -0.2) is 0 Å². The van der Waals surface area contributed by atoms with Crippen molar-refractivity contribution in [3.05, 3.63) is 29.8 Å². The number of nitrogens with zero attached hydrogens (tertiary/aromatic N) is 1. The number of aliphatic hydroxyl groups excluding tert-OH is 1. The zero-order valence-corrected chi connectivity index (χ0v) is 10.4. The Morgan fingerprint density at radius 2 is 2.12 bits per heavy atom. The highest BCUT2D eigenvalue weighted by molar-refractivity contribution is 5.33. The molecular formula is C14H19NO2. The summed E-state index contributed by atoms with van der Waals surface area (Å²) in [5.74, 6) is 6.76. The van der Waals surface area contributed by atoms with E-state index < -0.39 is 0 Å². The molecule has 0 bridgehead atoms. The van der Waals surface area contributed by atoms with Crippen LogP contribution in [0.15, 0.2) is 24.3 Å². The molecule has 0 aliphatic rings. The van der Waals surface area contributed by atoms with Gasteiger partial charge in [0.25, 0.3) is 0 Å². The molecular weight excluding hydrogens is 214 g/mol. The number of para-hydroxylation sites is 1. The van der Waals surface area contributed by atoms with E-state index in [-0.39, 0.29) is 6.61 Å². The third kappa shape index (κ3) is 4.48. The normalized spacial score (nSPS) is 9.88. The average Bonchev–Trinajstić information content (AvgIpc) is 2.37. The van der Waals surface area contributed by atoms with Crippen molar-refractivity contribution in [2.75, 3.05) is 26.8 Å². The van der Waals surface area contributed by atoms with E-state index in [0.717, 1.165) is 17.9 Å². The Labute approximate surface area is 103 Å². The summed E-state index contributed by atoms with van der Waals surface area (Å²) in [7, 11) is 1.67. The first-order chi connectivity index (χ1) is 8.31. The van der Waals surface area contributed by atoms with Gasteiger partial charge in [0.15, 0.2) is 0 Å². The van der Waals surface area contributed by atoms with Crippen molar-refractivity contribution < 1.29 is 9.84 Å². The van der Waals surface area contributed by atoms with E-state index in [9.17, 15) is 0 Å². The molecule has 92 valence electrons. The maximum atomic E-state index is 9.02. The second-order valence-corrected chi connectivity index (χ2v) is 3.67. The Bertz CT molecular complexity index is 393. The van der Waals surface area contributed by atoms with E-state index in [1.54, 1.807) is 7.11 Å². The smallest absolute Gasteiger partial charge is 0.123 e. The SMILES string of the molecule is CC#CCN(CCO)Cc1ccccc1OC. The van der Waals surface area contributed by atoms with Crippen LogP contribution in [0.2, 0.25) is 0 Å². The number of benzene rings is 1.